The Morgan fingerprint density at radius 2 is 2.20 bits per heavy atom. The Labute approximate surface area is 88.6 Å². The van der Waals surface area contributed by atoms with Crippen LogP contribution in [0.15, 0.2) is 0 Å². The van der Waals surface area contributed by atoms with E-state index < -0.39 is 6.04 Å². The topological polar surface area (TPSA) is 80.5 Å². The van der Waals surface area contributed by atoms with E-state index in [0.717, 1.165) is 4.90 Å². The van der Waals surface area contributed by atoms with Crippen LogP contribution in [0.3, 0.4) is 0 Å². The quantitative estimate of drug-likeness (QED) is 0.648. The van der Waals surface area contributed by atoms with Crippen molar-refractivity contribution in [3.05, 3.63) is 0 Å². The molecule has 1 fully saturated rings. The number of carbonyl (C=O) groups excluding carboxylic acids is 3. The lowest BCUT2D eigenvalue weighted by molar-refractivity contribution is -0.146. The van der Waals surface area contributed by atoms with Crippen LogP contribution in [0.4, 0.5) is 0 Å². The lowest BCUT2D eigenvalue weighted by Crippen LogP contribution is -2.49. The number of hydrogen-bond donors (Lipinski definition) is 1. The van der Waals surface area contributed by atoms with Gasteiger partial charge in [0.1, 0.15) is 6.04 Å². The van der Waals surface area contributed by atoms with E-state index in [4.69, 9.17) is 5.73 Å². The van der Waals surface area contributed by atoms with Gasteiger partial charge < -0.3 is 5.73 Å². The predicted molar refractivity (Wildman–Crippen MR) is 53.8 cm³/mol. The van der Waals surface area contributed by atoms with E-state index in [1.165, 1.54) is 0 Å². The molecule has 0 aromatic carbocycles. The van der Waals surface area contributed by atoms with Crippen molar-refractivity contribution < 1.29 is 14.4 Å². The summed E-state index contributed by atoms with van der Waals surface area (Å²) in [5, 5.41) is 0. The molecule has 0 bridgehead atoms. The fourth-order valence-electron chi connectivity index (χ4n) is 1.75. The van der Waals surface area contributed by atoms with E-state index in [0.29, 0.717) is 0 Å². The molecule has 0 aliphatic carbocycles. The molecule has 0 aromatic rings. The molecule has 1 rings (SSSR count). The number of rotatable bonds is 4. The molecule has 1 aliphatic heterocycles. The highest BCUT2D eigenvalue weighted by Gasteiger charge is 2.41. The van der Waals surface area contributed by atoms with Gasteiger partial charge in [-0.1, -0.05) is 13.8 Å². The van der Waals surface area contributed by atoms with Crippen molar-refractivity contribution in [3.63, 3.8) is 0 Å². The van der Waals surface area contributed by atoms with Crippen LogP contribution >= 0.6 is 0 Å². The fraction of sp³-hybridized carbons (Fsp3) is 0.700. The van der Waals surface area contributed by atoms with E-state index in [9.17, 15) is 14.4 Å². The van der Waals surface area contributed by atoms with Crippen molar-refractivity contribution in [1.82, 2.24) is 4.90 Å². The number of imide groups is 1. The SMILES string of the molecule is CCC(=O)C(CN)N1C(=O)CC(C)C1=O. The molecular formula is C10H16N2O3. The molecule has 5 heteroatoms. The number of Topliss-reactive ketones (excluding diaryl/α,β-unsaturated/α-hetero) is 1. The van der Waals surface area contributed by atoms with Gasteiger partial charge in [0.05, 0.1) is 0 Å². The Morgan fingerprint density at radius 1 is 1.60 bits per heavy atom. The van der Waals surface area contributed by atoms with Gasteiger partial charge in [0.25, 0.3) is 0 Å². The summed E-state index contributed by atoms with van der Waals surface area (Å²) >= 11 is 0. The van der Waals surface area contributed by atoms with Crippen molar-refractivity contribution in [2.45, 2.75) is 32.7 Å². The first kappa shape index (κ1) is 11.8. The van der Waals surface area contributed by atoms with E-state index in [1.54, 1.807) is 13.8 Å². The first-order valence-corrected chi connectivity index (χ1v) is 5.11. The standard InChI is InChI=1S/C10H16N2O3/c1-3-8(13)7(5-11)12-9(14)4-6(2)10(12)15/h6-7H,3-5,11H2,1-2H3. The highest BCUT2D eigenvalue weighted by molar-refractivity contribution is 6.07. The molecule has 2 amide bonds. The highest BCUT2D eigenvalue weighted by atomic mass is 16.2. The average Bonchev–Trinajstić information content (AvgIpc) is 2.45. The number of carbonyl (C=O) groups is 3. The molecule has 1 heterocycles. The zero-order valence-corrected chi connectivity index (χ0v) is 9.03. The van der Waals surface area contributed by atoms with Gasteiger partial charge in [0.2, 0.25) is 11.8 Å². The van der Waals surface area contributed by atoms with E-state index in [-0.39, 0.29) is 42.9 Å². The molecule has 0 radical (unpaired) electrons. The van der Waals surface area contributed by atoms with Crippen LogP contribution in [0.2, 0.25) is 0 Å². The Balaban J connectivity index is 2.89. The van der Waals surface area contributed by atoms with Gasteiger partial charge in [-0.2, -0.15) is 0 Å². The molecule has 2 atom stereocenters. The van der Waals surface area contributed by atoms with Crippen molar-refractivity contribution in [1.29, 1.82) is 0 Å². The lowest BCUT2D eigenvalue weighted by atomic mass is 10.1. The Bertz CT molecular complexity index is 301. The largest absolute Gasteiger partial charge is 0.328 e. The summed E-state index contributed by atoms with van der Waals surface area (Å²) in [6.07, 6.45) is 0.472. The minimum absolute atomic E-state index is 0.0108. The van der Waals surface area contributed by atoms with Gasteiger partial charge in [0.15, 0.2) is 5.78 Å². The molecule has 1 aliphatic rings. The lowest BCUT2D eigenvalue weighted by Gasteiger charge is -2.23. The number of nitrogens with two attached hydrogens (primary N) is 1. The second kappa shape index (κ2) is 4.53. The van der Waals surface area contributed by atoms with Crippen LogP contribution in [0, 0.1) is 5.92 Å². The smallest absolute Gasteiger partial charge is 0.233 e. The number of ketones is 1. The molecule has 1 saturated heterocycles. The van der Waals surface area contributed by atoms with E-state index in [2.05, 4.69) is 0 Å². The summed E-state index contributed by atoms with van der Waals surface area (Å²) in [6, 6.07) is -0.764. The zero-order chi connectivity index (χ0) is 11.6. The maximum atomic E-state index is 11.6. The van der Waals surface area contributed by atoms with Gasteiger partial charge in [-0.05, 0) is 0 Å². The Kier molecular flexibility index (Phi) is 3.57. The monoisotopic (exact) mass is 212 g/mol. The summed E-state index contributed by atoms with van der Waals surface area (Å²) in [5.41, 5.74) is 5.43. The predicted octanol–water partition coefficient (Wildman–Crippen LogP) is -0.312. The fourth-order valence-corrected chi connectivity index (χ4v) is 1.75. The van der Waals surface area contributed by atoms with Crippen LogP contribution < -0.4 is 5.73 Å². The molecule has 0 saturated carbocycles. The van der Waals surface area contributed by atoms with Gasteiger partial charge in [-0.3, -0.25) is 19.3 Å². The summed E-state index contributed by atoms with van der Waals surface area (Å²) in [7, 11) is 0. The van der Waals surface area contributed by atoms with E-state index >= 15 is 0 Å². The molecule has 15 heavy (non-hydrogen) atoms. The van der Waals surface area contributed by atoms with E-state index in [1.807, 2.05) is 0 Å². The third-order valence-corrected chi connectivity index (χ3v) is 2.66. The normalized spacial score (nSPS) is 23.4. The van der Waals surface area contributed by atoms with Crippen LogP contribution in [-0.2, 0) is 14.4 Å². The minimum atomic E-state index is -0.764. The van der Waals surface area contributed by atoms with Crippen LogP contribution in [0.1, 0.15) is 26.7 Å². The number of hydrogen-bond acceptors (Lipinski definition) is 4. The zero-order valence-electron chi connectivity index (χ0n) is 9.03. The summed E-state index contributed by atoms with van der Waals surface area (Å²) in [4.78, 5) is 35.7. The first-order chi connectivity index (χ1) is 7.02. The van der Waals surface area contributed by atoms with Crippen LogP contribution in [0.25, 0.3) is 0 Å². The minimum Gasteiger partial charge on any atom is -0.328 e. The third-order valence-electron chi connectivity index (χ3n) is 2.66. The van der Waals surface area contributed by atoms with Gasteiger partial charge in [0, 0.05) is 25.3 Å². The van der Waals surface area contributed by atoms with Gasteiger partial charge in [-0.15, -0.1) is 0 Å². The second-order valence-corrected chi connectivity index (χ2v) is 3.78. The third kappa shape index (κ3) is 2.07. The highest BCUT2D eigenvalue weighted by Crippen LogP contribution is 2.21. The van der Waals surface area contributed by atoms with Gasteiger partial charge >= 0.3 is 0 Å². The molecular weight excluding hydrogens is 196 g/mol. The van der Waals surface area contributed by atoms with Gasteiger partial charge in [-0.25, -0.2) is 0 Å². The van der Waals surface area contributed by atoms with Crippen molar-refractivity contribution in [3.8, 4) is 0 Å². The summed E-state index contributed by atoms with van der Waals surface area (Å²) in [6.45, 7) is 3.39. The first-order valence-electron chi connectivity index (χ1n) is 5.11. The molecule has 0 aromatic heterocycles. The Hall–Kier alpha value is -1.23. The second-order valence-electron chi connectivity index (χ2n) is 3.78. The Morgan fingerprint density at radius 3 is 2.53 bits per heavy atom. The van der Waals surface area contributed by atoms with Crippen LogP contribution in [0.5, 0.6) is 0 Å². The molecule has 84 valence electrons. The maximum Gasteiger partial charge on any atom is 0.233 e. The number of nitrogens with zero attached hydrogens (tertiary/aromatic N) is 1. The number of likely N-dealkylation sites (tertiary alicyclic amines) is 1. The molecule has 0 spiro atoms. The number of amides is 2. The summed E-state index contributed by atoms with van der Waals surface area (Å²) in [5.74, 6) is -1.05. The molecule has 2 N–H and O–H groups in total. The maximum absolute atomic E-state index is 11.6. The average molecular weight is 212 g/mol. The molecule has 2 unspecified atom stereocenters. The van der Waals surface area contributed by atoms with Crippen molar-refractivity contribution in [2.24, 2.45) is 11.7 Å². The molecule has 5 nitrogen and oxygen atoms in total. The van der Waals surface area contributed by atoms with Crippen LogP contribution in [-0.4, -0.2) is 35.1 Å². The van der Waals surface area contributed by atoms with Crippen molar-refractivity contribution in [2.75, 3.05) is 6.54 Å². The van der Waals surface area contributed by atoms with Crippen molar-refractivity contribution >= 4 is 17.6 Å². The summed E-state index contributed by atoms with van der Waals surface area (Å²) < 4.78 is 0.